The Morgan fingerprint density at radius 2 is 1.76 bits per heavy atom. The molecule has 0 aliphatic carbocycles. The van der Waals surface area contributed by atoms with E-state index in [9.17, 15) is 13.2 Å². The van der Waals surface area contributed by atoms with E-state index >= 15 is 0 Å². The number of anilines is 1. The topological polar surface area (TPSA) is 59.8 Å². The molecule has 38 heavy (non-hydrogen) atoms. The van der Waals surface area contributed by atoms with E-state index in [0.717, 1.165) is 28.9 Å². The number of rotatable bonds is 12. The number of aromatic nitrogens is 1. The number of fused-ring (bicyclic) bond motifs is 1. The SMILES string of the molecule is CN(C)c1ccc(/C=C/c2nc3ccc(OCCOCCNCc4cccc(C(F)(F)F)c4)cc3o2)cc1. The molecule has 1 N–H and O–H groups in total. The van der Waals surface area contributed by atoms with Crippen LogP contribution in [0.5, 0.6) is 5.75 Å². The Kier molecular flexibility index (Phi) is 9.04. The monoisotopic (exact) mass is 525 g/mol. The first kappa shape index (κ1) is 27.2. The maximum atomic E-state index is 12.8. The highest BCUT2D eigenvalue weighted by atomic mass is 19.4. The molecule has 0 unspecified atom stereocenters. The summed E-state index contributed by atoms with van der Waals surface area (Å²) in [6.07, 6.45) is -0.552. The van der Waals surface area contributed by atoms with E-state index in [0.29, 0.717) is 55.7 Å². The van der Waals surface area contributed by atoms with E-state index in [-0.39, 0.29) is 0 Å². The van der Waals surface area contributed by atoms with Crippen molar-refractivity contribution in [3.8, 4) is 5.75 Å². The van der Waals surface area contributed by atoms with Crippen molar-refractivity contribution >= 4 is 28.9 Å². The quantitative estimate of drug-likeness (QED) is 0.220. The standard InChI is InChI=1S/C29H30F3N3O3/c1-35(2)24-9-6-21(7-10-24)8-13-28-34-26-12-11-25(19-27(26)38-28)37-17-16-36-15-14-33-20-22-4-3-5-23(18-22)29(30,31)32/h3-13,18-19,33H,14-17,20H2,1-2H3/b13-8+. The Morgan fingerprint density at radius 3 is 2.53 bits per heavy atom. The molecular weight excluding hydrogens is 495 g/mol. The molecule has 3 aromatic carbocycles. The van der Waals surface area contributed by atoms with E-state index in [1.165, 1.54) is 6.07 Å². The molecule has 0 saturated heterocycles. The highest BCUT2D eigenvalue weighted by Gasteiger charge is 2.30. The van der Waals surface area contributed by atoms with Crippen LogP contribution in [0.3, 0.4) is 0 Å². The van der Waals surface area contributed by atoms with Gasteiger partial charge in [0.2, 0.25) is 5.89 Å². The summed E-state index contributed by atoms with van der Waals surface area (Å²) in [7, 11) is 4.01. The van der Waals surface area contributed by atoms with Crippen molar-refractivity contribution in [1.29, 1.82) is 0 Å². The fourth-order valence-electron chi connectivity index (χ4n) is 3.69. The molecule has 0 aliphatic heterocycles. The van der Waals surface area contributed by atoms with Gasteiger partial charge in [0.15, 0.2) is 5.58 Å². The summed E-state index contributed by atoms with van der Waals surface area (Å²) >= 11 is 0. The van der Waals surface area contributed by atoms with Gasteiger partial charge in [-0.3, -0.25) is 0 Å². The molecular formula is C29H30F3N3O3. The summed E-state index contributed by atoms with van der Waals surface area (Å²) in [4.78, 5) is 6.53. The van der Waals surface area contributed by atoms with Gasteiger partial charge in [-0.25, -0.2) is 4.98 Å². The zero-order valence-corrected chi connectivity index (χ0v) is 21.3. The minimum absolute atomic E-state index is 0.334. The Balaban J connectivity index is 1.16. The van der Waals surface area contributed by atoms with Gasteiger partial charge in [-0.15, -0.1) is 0 Å². The number of alkyl halides is 3. The molecule has 0 atom stereocenters. The second-order valence-corrected chi connectivity index (χ2v) is 8.84. The summed E-state index contributed by atoms with van der Waals surface area (Å²) in [6.45, 7) is 1.98. The zero-order chi connectivity index (χ0) is 27.0. The van der Waals surface area contributed by atoms with Crippen LogP contribution in [0.2, 0.25) is 0 Å². The minimum Gasteiger partial charge on any atom is -0.491 e. The maximum Gasteiger partial charge on any atom is 0.416 e. The third-order valence-electron chi connectivity index (χ3n) is 5.71. The molecule has 0 fully saturated rings. The third-order valence-corrected chi connectivity index (χ3v) is 5.71. The Morgan fingerprint density at radius 1 is 0.947 bits per heavy atom. The number of hydrogen-bond donors (Lipinski definition) is 1. The van der Waals surface area contributed by atoms with Gasteiger partial charge < -0.3 is 24.1 Å². The lowest BCUT2D eigenvalue weighted by Crippen LogP contribution is -2.21. The van der Waals surface area contributed by atoms with Crippen molar-refractivity contribution in [2.24, 2.45) is 0 Å². The summed E-state index contributed by atoms with van der Waals surface area (Å²) in [5.74, 6) is 1.16. The number of halogens is 3. The fourth-order valence-corrected chi connectivity index (χ4v) is 3.69. The molecule has 9 heteroatoms. The number of nitrogens with one attached hydrogen (secondary N) is 1. The second-order valence-electron chi connectivity index (χ2n) is 8.84. The van der Waals surface area contributed by atoms with Crippen LogP contribution in [-0.4, -0.2) is 45.4 Å². The zero-order valence-electron chi connectivity index (χ0n) is 21.3. The minimum atomic E-state index is -4.34. The van der Waals surface area contributed by atoms with E-state index in [1.54, 1.807) is 12.1 Å². The number of hydrogen-bond acceptors (Lipinski definition) is 6. The summed E-state index contributed by atoms with van der Waals surface area (Å²) < 4.78 is 55.5. The van der Waals surface area contributed by atoms with Crippen molar-refractivity contribution in [3.63, 3.8) is 0 Å². The van der Waals surface area contributed by atoms with Gasteiger partial charge in [-0.2, -0.15) is 13.2 Å². The highest BCUT2D eigenvalue weighted by Crippen LogP contribution is 2.29. The van der Waals surface area contributed by atoms with Crippen LogP contribution in [0, 0.1) is 0 Å². The van der Waals surface area contributed by atoms with E-state index < -0.39 is 11.7 Å². The lowest BCUT2D eigenvalue weighted by Gasteiger charge is -2.11. The van der Waals surface area contributed by atoms with E-state index in [1.807, 2.05) is 55.4 Å². The van der Waals surface area contributed by atoms with Crippen molar-refractivity contribution in [3.05, 3.63) is 89.3 Å². The molecule has 0 saturated carbocycles. The van der Waals surface area contributed by atoms with Gasteiger partial charge in [0.05, 0.1) is 18.8 Å². The molecule has 6 nitrogen and oxygen atoms in total. The van der Waals surface area contributed by atoms with Gasteiger partial charge >= 0.3 is 6.18 Å². The van der Waals surface area contributed by atoms with Crippen molar-refractivity contribution in [1.82, 2.24) is 10.3 Å². The molecule has 4 rings (SSSR count). The first-order chi connectivity index (χ1) is 18.3. The maximum absolute atomic E-state index is 12.8. The van der Waals surface area contributed by atoms with Crippen molar-refractivity contribution in [2.45, 2.75) is 12.7 Å². The Labute approximate surface area is 219 Å². The van der Waals surface area contributed by atoms with Gasteiger partial charge in [0.1, 0.15) is 17.9 Å². The van der Waals surface area contributed by atoms with Crippen LogP contribution in [-0.2, 0) is 17.5 Å². The Bertz CT molecular complexity index is 1350. The number of oxazole rings is 1. The lowest BCUT2D eigenvalue weighted by atomic mass is 10.1. The molecule has 1 heterocycles. The smallest absolute Gasteiger partial charge is 0.416 e. The molecule has 200 valence electrons. The molecule has 0 bridgehead atoms. The number of ether oxygens (including phenoxy) is 2. The predicted molar refractivity (Wildman–Crippen MR) is 143 cm³/mol. The van der Waals surface area contributed by atoms with Gasteiger partial charge in [0.25, 0.3) is 0 Å². The number of nitrogens with zero attached hydrogens (tertiary/aromatic N) is 2. The van der Waals surface area contributed by atoms with Crippen LogP contribution in [0.15, 0.2) is 71.1 Å². The van der Waals surface area contributed by atoms with Gasteiger partial charge in [-0.05, 0) is 47.5 Å². The molecule has 0 amide bonds. The van der Waals surface area contributed by atoms with Crippen LogP contribution >= 0.6 is 0 Å². The van der Waals surface area contributed by atoms with Crippen LogP contribution in [0.25, 0.3) is 23.3 Å². The summed E-state index contributed by atoms with van der Waals surface area (Å²) in [5.41, 5.74) is 3.48. The van der Waals surface area contributed by atoms with Gasteiger partial charge in [0, 0.05) is 45.0 Å². The van der Waals surface area contributed by atoms with Crippen LogP contribution in [0.1, 0.15) is 22.6 Å². The van der Waals surface area contributed by atoms with E-state index in [2.05, 4.69) is 22.4 Å². The summed E-state index contributed by atoms with van der Waals surface area (Å²) in [6, 6.07) is 18.9. The average Bonchev–Trinajstić information content (AvgIpc) is 3.31. The third kappa shape index (κ3) is 7.84. The second kappa shape index (κ2) is 12.6. The molecule has 0 spiro atoms. The molecule has 4 aromatic rings. The predicted octanol–water partition coefficient (Wildman–Crippen LogP) is 6.27. The normalized spacial score (nSPS) is 11.9. The fraction of sp³-hybridized carbons (Fsp3) is 0.276. The van der Waals surface area contributed by atoms with Crippen molar-refractivity contribution in [2.75, 3.05) is 45.4 Å². The first-order valence-electron chi connectivity index (χ1n) is 12.2. The largest absolute Gasteiger partial charge is 0.491 e. The van der Waals surface area contributed by atoms with Crippen LogP contribution < -0.4 is 15.0 Å². The van der Waals surface area contributed by atoms with E-state index in [4.69, 9.17) is 13.9 Å². The van der Waals surface area contributed by atoms with Crippen LogP contribution in [0.4, 0.5) is 18.9 Å². The molecule has 1 aromatic heterocycles. The van der Waals surface area contributed by atoms with Crippen molar-refractivity contribution < 1.29 is 27.1 Å². The number of benzene rings is 3. The lowest BCUT2D eigenvalue weighted by molar-refractivity contribution is -0.137. The molecule has 0 radical (unpaired) electrons. The highest BCUT2D eigenvalue weighted by molar-refractivity contribution is 5.77. The first-order valence-corrected chi connectivity index (χ1v) is 12.2. The Hall–Kier alpha value is -3.82. The molecule has 0 aliphatic rings. The van der Waals surface area contributed by atoms with Gasteiger partial charge in [-0.1, -0.05) is 30.3 Å². The summed E-state index contributed by atoms with van der Waals surface area (Å²) in [5, 5.41) is 3.08. The average molecular weight is 526 g/mol.